The first-order chi connectivity index (χ1) is 13.5. The summed E-state index contributed by atoms with van der Waals surface area (Å²) in [5, 5.41) is 8.08. The summed E-state index contributed by atoms with van der Waals surface area (Å²) in [5.41, 5.74) is 1.07. The summed E-state index contributed by atoms with van der Waals surface area (Å²) in [4.78, 5) is 25.1. The van der Waals surface area contributed by atoms with Crippen molar-refractivity contribution in [3.63, 3.8) is 0 Å². The van der Waals surface area contributed by atoms with Crippen molar-refractivity contribution in [1.29, 1.82) is 0 Å². The van der Waals surface area contributed by atoms with E-state index in [0.29, 0.717) is 6.54 Å². The maximum atomic E-state index is 12.7. The number of nitrogens with zero attached hydrogens (tertiary/aromatic N) is 3. The summed E-state index contributed by atoms with van der Waals surface area (Å²) < 4.78 is 0. The molecule has 2 N–H and O–H groups in total. The van der Waals surface area contributed by atoms with Gasteiger partial charge >= 0.3 is 0 Å². The number of thiazole rings is 1. The molecule has 6 nitrogen and oxygen atoms in total. The van der Waals surface area contributed by atoms with E-state index in [1.165, 1.54) is 34.8 Å². The van der Waals surface area contributed by atoms with Crippen molar-refractivity contribution < 1.29 is 4.79 Å². The molecule has 0 saturated heterocycles. The zero-order valence-corrected chi connectivity index (χ0v) is 21.2. The van der Waals surface area contributed by atoms with Crippen molar-refractivity contribution in [2.75, 3.05) is 34.2 Å². The molecule has 164 valence electrons. The normalized spacial score (nSPS) is 18.0. The molecule has 29 heavy (non-hydrogen) atoms. The van der Waals surface area contributed by atoms with E-state index >= 15 is 0 Å². The Morgan fingerprint density at radius 3 is 2.55 bits per heavy atom. The smallest absolute Gasteiger partial charge is 0.230 e. The molecule has 1 heterocycles. The molecule has 2 aliphatic carbocycles. The average Bonchev–Trinajstić information content (AvgIpc) is 3.34. The van der Waals surface area contributed by atoms with Gasteiger partial charge in [0.1, 0.15) is 0 Å². The van der Waals surface area contributed by atoms with Gasteiger partial charge in [0.15, 0.2) is 5.96 Å². The number of aryl methyl sites for hydroxylation is 3. The van der Waals surface area contributed by atoms with Crippen LogP contribution >= 0.6 is 35.3 Å². The Kier molecular flexibility index (Phi) is 9.65. The minimum atomic E-state index is -0.277. The maximum absolute atomic E-state index is 12.7. The third kappa shape index (κ3) is 6.29. The molecule has 1 amide bonds. The van der Waals surface area contributed by atoms with Gasteiger partial charge in [-0.05, 0) is 44.9 Å². The summed E-state index contributed by atoms with van der Waals surface area (Å²) >= 11 is 1.91. The number of nitrogens with one attached hydrogen (secondary N) is 2. The number of carbonyl (C=O) groups excluding carboxylic acids is 1. The van der Waals surface area contributed by atoms with E-state index in [9.17, 15) is 4.79 Å². The molecule has 1 aromatic rings. The second-order valence-electron chi connectivity index (χ2n) is 8.33. The molecule has 0 spiro atoms. The van der Waals surface area contributed by atoms with E-state index in [2.05, 4.69) is 15.6 Å². The fourth-order valence-electron chi connectivity index (χ4n) is 4.42. The van der Waals surface area contributed by atoms with Crippen molar-refractivity contribution in [2.45, 2.75) is 64.2 Å². The third-order valence-corrected chi connectivity index (χ3v) is 7.21. The highest BCUT2D eigenvalue weighted by Crippen LogP contribution is 2.38. The molecule has 3 rings (SSSR count). The molecule has 2 aliphatic rings. The predicted molar refractivity (Wildman–Crippen MR) is 131 cm³/mol. The van der Waals surface area contributed by atoms with Gasteiger partial charge in [-0.25, -0.2) is 4.98 Å². The number of rotatable bonds is 7. The molecule has 1 fully saturated rings. The number of aromatic nitrogens is 1. The van der Waals surface area contributed by atoms with Gasteiger partial charge in [-0.3, -0.25) is 9.79 Å². The number of hydrogen-bond donors (Lipinski definition) is 2. The number of guanidine groups is 1. The fourth-order valence-corrected chi connectivity index (χ4v) is 5.62. The lowest BCUT2D eigenvalue weighted by Gasteiger charge is -2.31. The number of hydrogen-bond acceptors (Lipinski definition) is 4. The van der Waals surface area contributed by atoms with Crippen molar-refractivity contribution in [3.8, 4) is 0 Å². The first-order valence-corrected chi connectivity index (χ1v) is 11.5. The Morgan fingerprint density at radius 2 is 1.90 bits per heavy atom. The third-order valence-electron chi connectivity index (χ3n) is 5.99. The Balaban J connectivity index is 0.00000300. The number of carbonyl (C=O) groups is 1. The van der Waals surface area contributed by atoms with Crippen LogP contribution in [-0.2, 0) is 24.1 Å². The standard InChI is InChI=1S/C21H35N5OS.HI/c1-22-20(24-15-21(12-6-7-13-21)19(27)26(2)3)23-14-8-11-18-25-16-9-4-5-10-17(16)28-18;/h4-15H2,1-3H3,(H2,22,23,24);1H. The van der Waals surface area contributed by atoms with Crippen molar-refractivity contribution in [1.82, 2.24) is 20.5 Å². The van der Waals surface area contributed by atoms with Gasteiger partial charge in [-0.2, -0.15) is 0 Å². The molecule has 8 heteroatoms. The minimum absolute atomic E-state index is 0. The zero-order valence-electron chi connectivity index (χ0n) is 18.1. The lowest BCUT2D eigenvalue weighted by Crippen LogP contribution is -2.49. The molecular formula is C21H36IN5OS. The Bertz CT molecular complexity index is 674. The predicted octanol–water partition coefficient (Wildman–Crippen LogP) is 3.39. The van der Waals surface area contributed by atoms with E-state index < -0.39 is 0 Å². The molecule has 0 aliphatic heterocycles. The van der Waals surface area contributed by atoms with Crippen LogP contribution in [0.5, 0.6) is 0 Å². The molecule has 0 atom stereocenters. The van der Waals surface area contributed by atoms with Gasteiger partial charge in [0.2, 0.25) is 5.91 Å². The Morgan fingerprint density at radius 1 is 1.17 bits per heavy atom. The first kappa shape index (κ1) is 24.4. The van der Waals surface area contributed by atoms with Gasteiger partial charge in [-0.15, -0.1) is 35.3 Å². The van der Waals surface area contributed by atoms with Crippen molar-refractivity contribution in [2.24, 2.45) is 10.4 Å². The highest BCUT2D eigenvalue weighted by molar-refractivity contribution is 14.0. The molecule has 0 radical (unpaired) electrons. The molecule has 1 saturated carbocycles. The summed E-state index contributed by atoms with van der Waals surface area (Å²) in [6.45, 7) is 1.52. The largest absolute Gasteiger partial charge is 0.356 e. The van der Waals surface area contributed by atoms with Crippen molar-refractivity contribution in [3.05, 3.63) is 15.6 Å². The number of fused-ring (bicyclic) bond motifs is 1. The zero-order chi connectivity index (χ0) is 20.0. The van der Waals surface area contributed by atoms with Crippen LogP contribution in [0, 0.1) is 5.41 Å². The summed E-state index contributed by atoms with van der Waals surface area (Å²) in [6, 6.07) is 0. The van der Waals surface area contributed by atoms with E-state index in [1.54, 1.807) is 11.9 Å². The van der Waals surface area contributed by atoms with Gasteiger partial charge in [0.05, 0.1) is 16.1 Å². The van der Waals surface area contributed by atoms with Crippen LogP contribution in [0.25, 0.3) is 0 Å². The first-order valence-electron chi connectivity index (χ1n) is 10.7. The lowest BCUT2D eigenvalue weighted by molar-refractivity contribution is -0.138. The van der Waals surface area contributed by atoms with Crippen LogP contribution in [0.4, 0.5) is 0 Å². The highest BCUT2D eigenvalue weighted by Gasteiger charge is 2.42. The molecule has 0 bridgehead atoms. The number of aliphatic imine (C=N–C) groups is 1. The average molecular weight is 534 g/mol. The van der Waals surface area contributed by atoms with E-state index in [0.717, 1.165) is 57.5 Å². The molecule has 1 aromatic heterocycles. The number of amides is 1. The van der Waals surface area contributed by atoms with Crippen LogP contribution in [0.15, 0.2) is 4.99 Å². The Hall–Kier alpha value is -0.900. The van der Waals surface area contributed by atoms with Gasteiger partial charge in [0, 0.05) is 45.5 Å². The van der Waals surface area contributed by atoms with E-state index in [4.69, 9.17) is 4.98 Å². The molecule has 0 aromatic carbocycles. The second kappa shape index (κ2) is 11.5. The van der Waals surface area contributed by atoms with Gasteiger partial charge in [-0.1, -0.05) is 12.8 Å². The second-order valence-corrected chi connectivity index (χ2v) is 9.50. The quantitative estimate of drug-likeness (QED) is 0.244. The number of halogens is 1. The maximum Gasteiger partial charge on any atom is 0.230 e. The topological polar surface area (TPSA) is 69.6 Å². The van der Waals surface area contributed by atoms with E-state index in [1.807, 2.05) is 25.4 Å². The summed E-state index contributed by atoms with van der Waals surface area (Å²) in [6.07, 6.45) is 11.2. The van der Waals surface area contributed by atoms with Crippen LogP contribution in [-0.4, -0.2) is 56.0 Å². The SMILES string of the molecule is CN=C(NCCCc1nc2c(s1)CCCC2)NCC1(C(=O)N(C)C)CCCC1.I. The van der Waals surface area contributed by atoms with Crippen LogP contribution < -0.4 is 10.6 Å². The fraction of sp³-hybridized carbons (Fsp3) is 0.762. The molecular weight excluding hydrogens is 497 g/mol. The van der Waals surface area contributed by atoms with Crippen LogP contribution in [0.1, 0.15) is 60.5 Å². The summed E-state index contributed by atoms with van der Waals surface area (Å²) in [5.74, 6) is 1.02. The van der Waals surface area contributed by atoms with Gasteiger partial charge < -0.3 is 15.5 Å². The lowest BCUT2D eigenvalue weighted by atomic mass is 9.84. The van der Waals surface area contributed by atoms with Gasteiger partial charge in [0.25, 0.3) is 0 Å². The Labute approximate surface area is 196 Å². The molecule has 0 unspecified atom stereocenters. The minimum Gasteiger partial charge on any atom is -0.356 e. The van der Waals surface area contributed by atoms with E-state index in [-0.39, 0.29) is 35.3 Å². The summed E-state index contributed by atoms with van der Waals surface area (Å²) in [7, 11) is 5.50. The van der Waals surface area contributed by atoms with Crippen molar-refractivity contribution >= 4 is 47.2 Å². The van der Waals surface area contributed by atoms with Crippen LogP contribution in [0.2, 0.25) is 0 Å². The highest BCUT2D eigenvalue weighted by atomic mass is 127. The van der Waals surface area contributed by atoms with Crippen LogP contribution in [0.3, 0.4) is 0 Å². The monoisotopic (exact) mass is 533 g/mol.